The van der Waals surface area contributed by atoms with Crippen molar-refractivity contribution in [3.05, 3.63) is 41.0 Å². The van der Waals surface area contributed by atoms with E-state index in [1.54, 1.807) is 11.8 Å². The van der Waals surface area contributed by atoms with Crippen LogP contribution in [0, 0.1) is 12.3 Å². The fourth-order valence-electron chi connectivity index (χ4n) is 2.35. The monoisotopic (exact) mass is 271 g/mol. The minimum Gasteiger partial charge on any atom is -0.364 e. The molecule has 2 amide bonds. The van der Waals surface area contributed by atoms with Gasteiger partial charge in [-0.15, -0.1) is 0 Å². The average Bonchev–Trinajstić information content (AvgIpc) is 2.41. The van der Waals surface area contributed by atoms with Crippen LogP contribution in [-0.2, 0) is 9.59 Å². The summed E-state index contributed by atoms with van der Waals surface area (Å²) in [5, 5.41) is 7.66. The van der Waals surface area contributed by atoms with Crippen molar-refractivity contribution in [3.63, 3.8) is 0 Å². The quantitative estimate of drug-likeness (QED) is 0.817. The van der Waals surface area contributed by atoms with E-state index in [0.29, 0.717) is 24.1 Å². The highest BCUT2D eigenvalue weighted by atomic mass is 16.2. The van der Waals surface area contributed by atoms with Gasteiger partial charge < -0.3 is 10.6 Å². The second-order valence-corrected chi connectivity index (χ2v) is 4.89. The average molecular weight is 271 g/mol. The summed E-state index contributed by atoms with van der Waals surface area (Å²) in [5.74, 6) is -0.973. The van der Waals surface area contributed by atoms with Crippen LogP contribution in [0.5, 0.6) is 0 Å². The van der Waals surface area contributed by atoms with Gasteiger partial charge in [-0.2, -0.15) is 0 Å². The molecule has 0 spiro atoms. The number of hydrogen-bond donors (Lipinski definition) is 2. The Morgan fingerprint density at radius 2 is 2.05 bits per heavy atom. The third-order valence-corrected chi connectivity index (χ3v) is 3.47. The molecule has 0 radical (unpaired) electrons. The second kappa shape index (κ2) is 5.28. The van der Waals surface area contributed by atoms with Gasteiger partial charge in [-0.25, -0.2) is 0 Å². The molecule has 0 saturated heterocycles. The van der Waals surface area contributed by atoms with Crippen LogP contribution in [0.2, 0.25) is 0 Å². The molecule has 2 rings (SSSR count). The summed E-state index contributed by atoms with van der Waals surface area (Å²) in [6.45, 7) is 4.05. The van der Waals surface area contributed by atoms with E-state index < -0.39 is 5.91 Å². The van der Waals surface area contributed by atoms with Crippen LogP contribution in [0.1, 0.15) is 18.9 Å². The molecular weight excluding hydrogens is 254 g/mol. The number of primary amides is 1. The predicted octanol–water partition coefficient (Wildman–Crippen LogP) is 1.55. The van der Waals surface area contributed by atoms with Gasteiger partial charge in [0.15, 0.2) is 0 Å². The molecule has 0 aliphatic carbocycles. The lowest BCUT2D eigenvalue weighted by Crippen LogP contribution is -2.39. The number of hydrogen-bond acceptors (Lipinski definition) is 3. The molecular formula is C15H17N3O2. The van der Waals surface area contributed by atoms with Gasteiger partial charge in [-0.1, -0.05) is 12.1 Å². The van der Waals surface area contributed by atoms with Crippen LogP contribution >= 0.6 is 0 Å². The summed E-state index contributed by atoms with van der Waals surface area (Å²) in [5.41, 5.74) is 7.63. The Balaban J connectivity index is 2.35. The first-order valence-electron chi connectivity index (χ1n) is 6.39. The Morgan fingerprint density at radius 3 is 2.65 bits per heavy atom. The van der Waals surface area contributed by atoms with Gasteiger partial charge in [-0.3, -0.25) is 15.0 Å². The Morgan fingerprint density at radius 1 is 1.35 bits per heavy atom. The first-order valence-corrected chi connectivity index (χ1v) is 6.39. The Kier molecular flexibility index (Phi) is 3.70. The SMILES string of the molecule is CC1=C(C(=N)C(N)=O)CCN(c2cccc(C)c2)C1=O. The van der Waals surface area contributed by atoms with Crippen molar-refractivity contribution in [2.45, 2.75) is 20.3 Å². The van der Waals surface area contributed by atoms with Gasteiger partial charge in [-0.05, 0) is 43.5 Å². The fourth-order valence-corrected chi connectivity index (χ4v) is 2.35. The van der Waals surface area contributed by atoms with Gasteiger partial charge in [0.25, 0.3) is 11.8 Å². The molecule has 1 aliphatic heterocycles. The van der Waals surface area contributed by atoms with Crippen molar-refractivity contribution in [2.24, 2.45) is 5.73 Å². The highest BCUT2D eigenvalue weighted by Crippen LogP contribution is 2.25. The molecule has 0 aromatic heterocycles. The minimum absolute atomic E-state index is 0.178. The number of aryl methyl sites for hydroxylation is 1. The number of rotatable bonds is 3. The highest BCUT2D eigenvalue weighted by molar-refractivity contribution is 6.44. The van der Waals surface area contributed by atoms with Gasteiger partial charge in [0.2, 0.25) is 0 Å². The smallest absolute Gasteiger partial charge is 0.266 e. The number of nitrogens with zero attached hydrogens (tertiary/aromatic N) is 1. The van der Waals surface area contributed by atoms with E-state index in [0.717, 1.165) is 11.3 Å². The maximum absolute atomic E-state index is 12.4. The lowest BCUT2D eigenvalue weighted by atomic mass is 9.95. The number of benzene rings is 1. The van der Waals surface area contributed by atoms with Crippen LogP contribution in [0.3, 0.4) is 0 Å². The first kappa shape index (κ1) is 14.0. The minimum atomic E-state index is -0.795. The van der Waals surface area contributed by atoms with E-state index >= 15 is 0 Å². The van der Waals surface area contributed by atoms with Gasteiger partial charge >= 0.3 is 0 Å². The fraction of sp³-hybridized carbons (Fsp3) is 0.267. The van der Waals surface area contributed by atoms with Gasteiger partial charge in [0.05, 0.1) is 0 Å². The van der Waals surface area contributed by atoms with Crippen LogP contribution in [0.25, 0.3) is 0 Å². The molecule has 20 heavy (non-hydrogen) atoms. The molecule has 1 heterocycles. The number of nitrogens with one attached hydrogen (secondary N) is 1. The van der Waals surface area contributed by atoms with Crippen LogP contribution < -0.4 is 10.6 Å². The van der Waals surface area contributed by atoms with Crippen molar-refractivity contribution in [1.82, 2.24) is 0 Å². The molecule has 0 atom stereocenters. The number of carbonyl (C=O) groups excluding carboxylic acids is 2. The molecule has 3 N–H and O–H groups in total. The first-order chi connectivity index (χ1) is 9.41. The molecule has 5 nitrogen and oxygen atoms in total. The number of amides is 2. The number of nitrogens with two attached hydrogens (primary N) is 1. The summed E-state index contributed by atoms with van der Waals surface area (Å²) >= 11 is 0. The van der Waals surface area contributed by atoms with Crippen LogP contribution in [0.15, 0.2) is 35.4 Å². The van der Waals surface area contributed by atoms with Crippen molar-refractivity contribution in [2.75, 3.05) is 11.4 Å². The van der Waals surface area contributed by atoms with Crippen molar-refractivity contribution in [3.8, 4) is 0 Å². The largest absolute Gasteiger partial charge is 0.364 e. The number of carbonyl (C=O) groups is 2. The van der Waals surface area contributed by atoms with Gasteiger partial charge in [0.1, 0.15) is 5.71 Å². The van der Waals surface area contributed by atoms with E-state index in [4.69, 9.17) is 11.1 Å². The topological polar surface area (TPSA) is 87.2 Å². The maximum atomic E-state index is 12.4. The standard InChI is InChI=1S/C15H17N3O2/c1-9-4-3-5-11(8-9)18-7-6-12(10(2)15(18)20)13(16)14(17)19/h3-5,8,16H,6-7H2,1-2H3,(H2,17,19). The highest BCUT2D eigenvalue weighted by Gasteiger charge is 2.28. The zero-order valence-electron chi connectivity index (χ0n) is 11.6. The lowest BCUT2D eigenvalue weighted by molar-refractivity contribution is -0.115. The van der Waals surface area contributed by atoms with Crippen molar-refractivity contribution in [1.29, 1.82) is 5.41 Å². The molecule has 0 bridgehead atoms. The third-order valence-electron chi connectivity index (χ3n) is 3.47. The summed E-state index contributed by atoms with van der Waals surface area (Å²) < 4.78 is 0. The van der Waals surface area contributed by atoms with Crippen molar-refractivity contribution < 1.29 is 9.59 Å². The summed E-state index contributed by atoms with van der Waals surface area (Å²) in [6.07, 6.45) is 0.466. The molecule has 5 heteroatoms. The Hall–Kier alpha value is -2.43. The van der Waals surface area contributed by atoms with Crippen molar-refractivity contribution >= 4 is 23.2 Å². The zero-order valence-corrected chi connectivity index (χ0v) is 11.6. The van der Waals surface area contributed by atoms with E-state index in [-0.39, 0.29) is 11.6 Å². The lowest BCUT2D eigenvalue weighted by Gasteiger charge is -2.29. The van der Waals surface area contributed by atoms with E-state index in [1.165, 1.54) is 0 Å². The molecule has 0 saturated carbocycles. The summed E-state index contributed by atoms with van der Waals surface area (Å²) in [6, 6.07) is 7.69. The zero-order chi connectivity index (χ0) is 14.9. The molecule has 0 unspecified atom stereocenters. The van der Waals surface area contributed by atoms with Crippen LogP contribution in [-0.4, -0.2) is 24.1 Å². The summed E-state index contributed by atoms with van der Waals surface area (Å²) in [7, 11) is 0. The van der Waals surface area contributed by atoms with Gasteiger partial charge in [0, 0.05) is 17.8 Å². The van der Waals surface area contributed by atoms with E-state index in [2.05, 4.69) is 0 Å². The number of anilines is 1. The molecule has 1 aromatic rings. The van der Waals surface area contributed by atoms with Crippen LogP contribution in [0.4, 0.5) is 5.69 Å². The maximum Gasteiger partial charge on any atom is 0.266 e. The molecule has 1 aliphatic rings. The second-order valence-electron chi connectivity index (χ2n) is 4.89. The Labute approximate surface area is 117 Å². The molecule has 104 valence electrons. The predicted molar refractivity (Wildman–Crippen MR) is 77.8 cm³/mol. The molecule has 0 fully saturated rings. The Bertz CT molecular complexity index is 632. The third kappa shape index (κ3) is 2.47. The normalized spacial score (nSPS) is 15.5. The summed E-state index contributed by atoms with van der Waals surface area (Å²) in [4.78, 5) is 25.1. The van der Waals surface area contributed by atoms with E-state index in [9.17, 15) is 9.59 Å². The van der Waals surface area contributed by atoms with E-state index in [1.807, 2.05) is 31.2 Å². The molecule has 1 aromatic carbocycles.